The molecule has 0 saturated carbocycles. The highest BCUT2D eigenvalue weighted by molar-refractivity contribution is 5.96. The lowest BCUT2D eigenvalue weighted by Crippen LogP contribution is -2.17. The van der Waals surface area contributed by atoms with Crippen LogP contribution < -0.4 is 0 Å². The van der Waals surface area contributed by atoms with Crippen molar-refractivity contribution in [1.29, 1.82) is 0 Å². The number of Topliss-reactive ketones (excluding diaryl/α,β-unsaturated/α-hetero) is 1. The van der Waals surface area contributed by atoms with E-state index in [-0.39, 0.29) is 25.4 Å². The van der Waals surface area contributed by atoms with Crippen molar-refractivity contribution in [2.75, 3.05) is 13.2 Å². The Morgan fingerprint density at radius 1 is 1.15 bits per heavy atom. The topological polar surface area (TPSA) is 83.3 Å². The van der Waals surface area contributed by atoms with E-state index in [4.69, 9.17) is 9.47 Å². The number of aromatic nitrogens is 3. The van der Waals surface area contributed by atoms with Crippen LogP contribution >= 0.6 is 0 Å². The lowest BCUT2D eigenvalue weighted by atomic mass is 10.2. The fraction of sp³-hybridized carbons (Fsp3) is 0.300. The molecule has 3 aromatic rings. The van der Waals surface area contributed by atoms with Gasteiger partial charge in [-0.1, -0.05) is 30.3 Å². The summed E-state index contributed by atoms with van der Waals surface area (Å²) in [5, 5.41) is 0. The monoisotopic (exact) mass is 367 g/mol. The molecule has 0 fully saturated rings. The van der Waals surface area contributed by atoms with Crippen molar-refractivity contribution >= 4 is 22.8 Å². The summed E-state index contributed by atoms with van der Waals surface area (Å²) < 4.78 is 12.5. The fourth-order valence-electron chi connectivity index (χ4n) is 2.73. The first-order valence-corrected chi connectivity index (χ1v) is 8.69. The number of rotatable bonds is 9. The van der Waals surface area contributed by atoms with E-state index < -0.39 is 5.97 Å². The molecule has 0 unspecified atom stereocenters. The van der Waals surface area contributed by atoms with Crippen LogP contribution in [-0.2, 0) is 32.2 Å². The van der Waals surface area contributed by atoms with Gasteiger partial charge in [0.25, 0.3) is 0 Å². The maximum Gasteiger partial charge on any atom is 0.313 e. The van der Waals surface area contributed by atoms with Gasteiger partial charge in [-0.3, -0.25) is 14.6 Å². The van der Waals surface area contributed by atoms with Crippen LogP contribution in [0.2, 0.25) is 0 Å². The third-order valence-corrected chi connectivity index (χ3v) is 4.05. The molecule has 2 aromatic heterocycles. The number of imidazole rings is 1. The Balaban J connectivity index is 1.38. The number of fused-ring (bicyclic) bond motifs is 1. The predicted molar refractivity (Wildman–Crippen MR) is 98.9 cm³/mol. The van der Waals surface area contributed by atoms with Crippen LogP contribution in [0, 0.1) is 6.92 Å². The molecule has 0 N–H and O–H groups in total. The second kappa shape index (κ2) is 9.05. The van der Waals surface area contributed by atoms with E-state index in [0.717, 1.165) is 22.4 Å². The first kappa shape index (κ1) is 18.7. The van der Waals surface area contributed by atoms with Gasteiger partial charge < -0.3 is 14.0 Å². The van der Waals surface area contributed by atoms with Gasteiger partial charge in [-0.05, 0) is 18.6 Å². The standard InChI is InChI=1S/C20H21N3O4/c1-15-22-18-12-21-8-7-19(18)23(15)9-10-26-14-17(24)11-20(25)27-13-16-5-3-2-4-6-16/h2-8,12H,9-11,13-14H2,1H3. The number of carbonyl (C=O) groups is 2. The molecule has 0 saturated heterocycles. The van der Waals surface area contributed by atoms with E-state index >= 15 is 0 Å². The van der Waals surface area contributed by atoms with Crippen molar-refractivity contribution in [2.24, 2.45) is 0 Å². The highest BCUT2D eigenvalue weighted by Crippen LogP contribution is 2.13. The minimum atomic E-state index is -0.545. The zero-order valence-corrected chi connectivity index (χ0v) is 15.1. The van der Waals surface area contributed by atoms with Crippen LogP contribution in [-0.4, -0.2) is 39.5 Å². The van der Waals surface area contributed by atoms with Gasteiger partial charge in [0.05, 0.1) is 18.3 Å². The molecule has 0 spiro atoms. The lowest BCUT2D eigenvalue weighted by Gasteiger charge is -2.08. The highest BCUT2D eigenvalue weighted by Gasteiger charge is 2.12. The average molecular weight is 367 g/mol. The summed E-state index contributed by atoms with van der Waals surface area (Å²) >= 11 is 0. The summed E-state index contributed by atoms with van der Waals surface area (Å²) in [6, 6.07) is 11.2. The normalized spacial score (nSPS) is 10.9. The molecule has 0 aliphatic rings. The highest BCUT2D eigenvalue weighted by atomic mass is 16.5. The van der Waals surface area contributed by atoms with Gasteiger partial charge in [0.15, 0.2) is 5.78 Å². The molecule has 27 heavy (non-hydrogen) atoms. The molecule has 0 amide bonds. The Morgan fingerprint density at radius 3 is 2.78 bits per heavy atom. The smallest absolute Gasteiger partial charge is 0.313 e. The van der Waals surface area contributed by atoms with Crippen LogP contribution in [0.3, 0.4) is 0 Å². The number of nitrogens with zero attached hydrogens (tertiary/aromatic N) is 3. The van der Waals surface area contributed by atoms with Crippen molar-refractivity contribution in [3.8, 4) is 0 Å². The SMILES string of the molecule is Cc1nc2cnccc2n1CCOCC(=O)CC(=O)OCc1ccccc1. The van der Waals surface area contributed by atoms with Crippen molar-refractivity contribution in [2.45, 2.75) is 26.5 Å². The second-order valence-electron chi connectivity index (χ2n) is 6.09. The van der Waals surface area contributed by atoms with Crippen molar-refractivity contribution < 1.29 is 19.1 Å². The number of esters is 1. The molecule has 1 aromatic carbocycles. The van der Waals surface area contributed by atoms with Gasteiger partial charge in [-0.15, -0.1) is 0 Å². The van der Waals surface area contributed by atoms with Gasteiger partial charge in [-0.25, -0.2) is 4.98 Å². The summed E-state index contributed by atoms with van der Waals surface area (Å²) in [7, 11) is 0. The molecule has 0 aliphatic heterocycles. The van der Waals surface area contributed by atoms with Crippen LogP contribution in [0.5, 0.6) is 0 Å². The Morgan fingerprint density at radius 2 is 1.96 bits per heavy atom. The number of benzene rings is 1. The van der Waals surface area contributed by atoms with Crippen molar-refractivity contribution in [1.82, 2.24) is 14.5 Å². The van der Waals surface area contributed by atoms with Gasteiger partial charge in [0, 0.05) is 12.7 Å². The maximum atomic E-state index is 11.9. The van der Waals surface area contributed by atoms with E-state index in [1.807, 2.05) is 47.9 Å². The molecule has 7 nitrogen and oxygen atoms in total. The van der Waals surface area contributed by atoms with Crippen molar-refractivity contribution in [3.63, 3.8) is 0 Å². The van der Waals surface area contributed by atoms with Gasteiger partial charge >= 0.3 is 5.97 Å². The molecule has 3 rings (SSSR count). The number of ether oxygens (including phenoxy) is 2. The third kappa shape index (κ3) is 5.21. The average Bonchev–Trinajstić information content (AvgIpc) is 2.99. The third-order valence-electron chi connectivity index (χ3n) is 4.05. The molecule has 0 bridgehead atoms. The molecular formula is C20H21N3O4. The minimum absolute atomic E-state index is 0.117. The Hall–Kier alpha value is -3.06. The maximum absolute atomic E-state index is 11.9. The number of pyridine rings is 1. The van der Waals surface area contributed by atoms with Gasteiger partial charge in [0.2, 0.25) is 0 Å². The number of carbonyl (C=O) groups excluding carboxylic acids is 2. The van der Waals surface area contributed by atoms with Crippen LogP contribution in [0.1, 0.15) is 17.8 Å². The zero-order valence-electron chi connectivity index (χ0n) is 15.1. The molecule has 0 aliphatic carbocycles. The molecule has 0 radical (unpaired) electrons. The predicted octanol–water partition coefficient (Wildman–Crippen LogP) is 2.46. The first-order valence-electron chi connectivity index (χ1n) is 8.69. The summed E-state index contributed by atoms with van der Waals surface area (Å²) in [5.41, 5.74) is 2.68. The van der Waals surface area contributed by atoms with E-state index in [1.165, 1.54) is 0 Å². The Kier molecular flexibility index (Phi) is 6.27. The van der Waals surface area contributed by atoms with Crippen LogP contribution in [0.15, 0.2) is 48.8 Å². The van der Waals surface area contributed by atoms with Gasteiger partial charge in [0.1, 0.15) is 31.0 Å². The Labute approximate surface area is 156 Å². The fourth-order valence-corrected chi connectivity index (χ4v) is 2.73. The number of ketones is 1. The number of hydrogen-bond donors (Lipinski definition) is 0. The minimum Gasteiger partial charge on any atom is -0.460 e. The quantitative estimate of drug-likeness (QED) is 0.328. The summed E-state index contributed by atoms with van der Waals surface area (Å²) in [6.45, 7) is 2.87. The number of aryl methyl sites for hydroxylation is 1. The van der Waals surface area contributed by atoms with Crippen LogP contribution in [0.4, 0.5) is 0 Å². The molecule has 7 heteroatoms. The Bertz CT molecular complexity index is 921. The molecular weight excluding hydrogens is 346 g/mol. The number of hydrogen-bond acceptors (Lipinski definition) is 6. The summed E-state index contributed by atoms with van der Waals surface area (Å²) in [4.78, 5) is 32.1. The second-order valence-corrected chi connectivity index (χ2v) is 6.09. The molecule has 2 heterocycles. The van der Waals surface area contributed by atoms with Crippen LogP contribution in [0.25, 0.3) is 11.0 Å². The van der Waals surface area contributed by atoms with E-state index in [2.05, 4.69) is 9.97 Å². The van der Waals surface area contributed by atoms with E-state index in [0.29, 0.717) is 13.2 Å². The molecule has 0 atom stereocenters. The lowest BCUT2D eigenvalue weighted by molar-refractivity contribution is -0.148. The summed E-state index contributed by atoms with van der Waals surface area (Å²) in [5.74, 6) is 0.0123. The first-order chi connectivity index (χ1) is 13.1. The zero-order chi connectivity index (χ0) is 19.1. The molecule has 140 valence electrons. The van der Waals surface area contributed by atoms with E-state index in [9.17, 15) is 9.59 Å². The van der Waals surface area contributed by atoms with Gasteiger partial charge in [-0.2, -0.15) is 0 Å². The van der Waals surface area contributed by atoms with Crippen molar-refractivity contribution in [3.05, 3.63) is 60.2 Å². The van der Waals surface area contributed by atoms with E-state index in [1.54, 1.807) is 12.4 Å². The summed E-state index contributed by atoms with van der Waals surface area (Å²) in [6.07, 6.45) is 3.14. The largest absolute Gasteiger partial charge is 0.460 e.